The fourth-order valence-corrected chi connectivity index (χ4v) is 4.77. The summed E-state index contributed by atoms with van der Waals surface area (Å²) in [6.45, 7) is 0.167. The summed E-state index contributed by atoms with van der Waals surface area (Å²) in [5.41, 5.74) is -0.126. The molecule has 0 unspecified atom stereocenters. The maximum Gasteiger partial charge on any atom is 0.411 e. The van der Waals surface area contributed by atoms with E-state index in [-0.39, 0.29) is 40.8 Å². The van der Waals surface area contributed by atoms with Crippen molar-refractivity contribution in [1.29, 1.82) is 0 Å². The highest BCUT2D eigenvalue weighted by Crippen LogP contribution is 2.61. The highest BCUT2D eigenvalue weighted by Gasteiger charge is 2.61. The first kappa shape index (κ1) is 21.7. The molecule has 0 radical (unpaired) electrons. The van der Waals surface area contributed by atoms with Gasteiger partial charge in [0.15, 0.2) is 6.61 Å². The summed E-state index contributed by atoms with van der Waals surface area (Å²) < 4.78 is 24.3. The number of carbonyl (C=O) groups excluding carboxylic acids is 2. The van der Waals surface area contributed by atoms with E-state index in [4.69, 9.17) is 32.7 Å². The van der Waals surface area contributed by atoms with Crippen LogP contribution in [0, 0.1) is 11.2 Å². The van der Waals surface area contributed by atoms with Crippen LogP contribution in [-0.2, 0) is 9.53 Å². The second kappa shape index (κ2) is 8.55. The predicted molar refractivity (Wildman–Crippen MR) is 115 cm³/mol. The third-order valence-electron chi connectivity index (χ3n) is 5.82. The zero-order valence-electron chi connectivity index (χ0n) is 16.6. The molecule has 9 heteroatoms. The van der Waals surface area contributed by atoms with E-state index in [0.29, 0.717) is 10.8 Å². The van der Waals surface area contributed by atoms with Crippen LogP contribution < -0.4 is 15.4 Å². The van der Waals surface area contributed by atoms with E-state index in [0.717, 1.165) is 31.7 Å². The smallest absolute Gasteiger partial charge is 0.411 e. The number of hydrogen-bond acceptors (Lipinski definition) is 4. The number of rotatable bonds is 7. The van der Waals surface area contributed by atoms with E-state index in [9.17, 15) is 14.0 Å². The molecule has 3 aliphatic rings. The summed E-state index contributed by atoms with van der Waals surface area (Å²) >= 11 is 11.5. The molecule has 3 fully saturated rings. The maximum atomic E-state index is 13.5. The molecule has 0 atom stereocenters. The van der Waals surface area contributed by atoms with Gasteiger partial charge < -0.3 is 14.8 Å². The molecule has 31 heavy (non-hydrogen) atoms. The summed E-state index contributed by atoms with van der Waals surface area (Å²) in [7, 11) is 0. The first-order chi connectivity index (χ1) is 14.8. The number of ether oxygens (including phenoxy) is 2. The normalized spacial score (nSPS) is 23.6. The molecule has 164 valence electrons. The first-order valence-electron chi connectivity index (χ1n) is 9.85. The van der Waals surface area contributed by atoms with E-state index in [1.807, 2.05) is 0 Å². The SMILES string of the molecule is O=C(COc1ccc(Cl)cc1)NC12CCC(COC(=O)Nc3ccc(Cl)c(F)c3)(C1)C2. The summed E-state index contributed by atoms with van der Waals surface area (Å²) in [5.74, 6) is -0.228. The van der Waals surface area contributed by atoms with Gasteiger partial charge in [-0.15, -0.1) is 0 Å². The van der Waals surface area contributed by atoms with Crippen molar-refractivity contribution in [2.45, 2.75) is 31.2 Å². The fraction of sp³-hybridized carbons (Fsp3) is 0.364. The molecule has 0 heterocycles. The van der Waals surface area contributed by atoms with Crippen LogP contribution in [0.1, 0.15) is 25.7 Å². The Balaban J connectivity index is 1.20. The average molecular weight is 467 g/mol. The molecule has 6 nitrogen and oxygen atoms in total. The molecule has 3 saturated carbocycles. The Morgan fingerprint density at radius 1 is 1.06 bits per heavy atom. The molecule has 2 aromatic rings. The lowest BCUT2D eigenvalue weighted by Gasteiger charge is -2.47. The summed E-state index contributed by atoms with van der Waals surface area (Å²) in [6.07, 6.45) is 2.52. The highest BCUT2D eigenvalue weighted by molar-refractivity contribution is 6.31. The van der Waals surface area contributed by atoms with Gasteiger partial charge in [0.2, 0.25) is 0 Å². The van der Waals surface area contributed by atoms with Crippen molar-refractivity contribution in [3.63, 3.8) is 0 Å². The molecule has 2 aromatic carbocycles. The van der Waals surface area contributed by atoms with E-state index in [1.165, 1.54) is 12.1 Å². The van der Waals surface area contributed by atoms with Crippen LogP contribution in [0.25, 0.3) is 0 Å². The Bertz CT molecular complexity index is 994. The molecule has 3 aliphatic carbocycles. The first-order valence-corrected chi connectivity index (χ1v) is 10.6. The van der Waals surface area contributed by atoms with Gasteiger partial charge in [0.1, 0.15) is 11.6 Å². The number of amides is 2. The Morgan fingerprint density at radius 2 is 1.81 bits per heavy atom. The zero-order chi connectivity index (χ0) is 22.1. The number of anilines is 1. The lowest BCUT2D eigenvalue weighted by molar-refractivity contribution is -0.127. The van der Waals surface area contributed by atoms with E-state index in [2.05, 4.69) is 10.6 Å². The number of hydrogen-bond donors (Lipinski definition) is 2. The van der Waals surface area contributed by atoms with Gasteiger partial charge in [-0.2, -0.15) is 0 Å². The van der Waals surface area contributed by atoms with Gasteiger partial charge >= 0.3 is 6.09 Å². The van der Waals surface area contributed by atoms with Gasteiger partial charge in [-0.25, -0.2) is 9.18 Å². The van der Waals surface area contributed by atoms with Crippen molar-refractivity contribution < 1.29 is 23.5 Å². The topological polar surface area (TPSA) is 76.7 Å². The minimum Gasteiger partial charge on any atom is -0.484 e. The monoisotopic (exact) mass is 466 g/mol. The van der Waals surface area contributed by atoms with Gasteiger partial charge in [0.25, 0.3) is 5.91 Å². The van der Waals surface area contributed by atoms with E-state index >= 15 is 0 Å². The predicted octanol–water partition coefficient (Wildman–Crippen LogP) is 5.19. The summed E-state index contributed by atoms with van der Waals surface area (Å²) in [4.78, 5) is 24.3. The quantitative estimate of drug-likeness (QED) is 0.588. The Labute approximate surface area is 189 Å². The van der Waals surface area contributed by atoms with Gasteiger partial charge in [-0.3, -0.25) is 10.1 Å². The number of halogens is 3. The Hall–Kier alpha value is -2.51. The number of benzene rings is 2. The number of fused-ring (bicyclic) bond motifs is 1. The van der Waals surface area contributed by atoms with Crippen molar-refractivity contribution in [2.75, 3.05) is 18.5 Å². The molecule has 2 N–H and O–H groups in total. The number of carbonyl (C=O) groups is 2. The van der Waals surface area contributed by atoms with Gasteiger partial charge in [-0.05, 0) is 68.1 Å². The largest absolute Gasteiger partial charge is 0.484 e. The molecular weight excluding hydrogens is 446 g/mol. The van der Waals surface area contributed by atoms with E-state index < -0.39 is 11.9 Å². The lowest BCUT2D eigenvalue weighted by atomic mass is 9.65. The fourth-order valence-electron chi connectivity index (χ4n) is 4.52. The molecule has 0 saturated heterocycles. The average Bonchev–Trinajstić information content (AvgIpc) is 3.24. The van der Waals surface area contributed by atoms with Crippen LogP contribution in [0.2, 0.25) is 10.0 Å². The minimum atomic E-state index is -0.652. The van der Waals surface area contributed by atoms with Crippen molar-refractivity contribution in [3.05, 3.63) is 58.3 Å². The van der Waals surface area contributed by atoms with Crippen molar-refractivity contribution in [2.24, 2.45) is 5.41 Å². The minimum absolute atomic E-state index is 0.0183. The van der Waals surface area contributed by atoms with Crippen LogP contribution in [0.15, 0.2) is 42.5 Å². The summed E-state index contributed by atoms with van der Waals surface area (Å²) in [6, 6.07) is 10.8. The molecule has 5 rings (SSSR count). The van der Waals surface area contributed by atoms with Gasteiger partial charge in [0.05, 0.1) is 11.6 Å². The van der Waals surface area contributed by atoms with E-state index in [1.54, 1.807) is 24.3 Å². The molecular formula is C22H21Cl2FN2O4. The molecule has 0 aromatic heterocycles. The zero-order valence-corrected chi connectivity index (χ0v) is 18.1. The lowest BCUT2D eigenvalue weighted by Crippen LogP contribution is -2.57. The van der Waals surface area contributed by atoms with Crippen LogP contribution in [0.4, 0.5) is 14.9 Å². The van der Waals surface area contributed by atoms with Gasteiger partial charge in [-0.1, -0.05) is 23.2 Å². The molecule has 2 amide bonds. The third kappa shape index (κ3) is 5.05. The summed E-state index contributed by atoms with van der Waals surface area (Å²) in [5, 5.41) is 6.14. The van der Waals surface area contributed by atoms with Crippen LogP contribution in [0.5, 0.6) is 5.75 Å². The molecule has 0 aliphatic heterocycles. The van der Waals surface area contributed by atoms with Crippen molar-refractivity contribution in [3.8, 4) is 5.75 Å². The Kier molecular flexibility index (Phi) is 5.99. The number of nitrogens with one attached hydrogen (secondary N) is 2. The van der Waals surface area contributed by atoms with Gasteiger partial charge in [0, 0.05) is 21.7 Å². The van der Waals surface area contributed by atoms with Crippen molar-refractivity contribution in [1.82, 2.24) is 5.32 Å². The van der Waals surface area contributed by atoms with Crippen molar-refractivity contribution >= 4 is 40.9 Å². The maximum absolute atomic E-state index is 13.5. The second-order valence-electron chi connectivity index (χ2n) is 8.25. The Morgan fingerprint density at radius 3 is 2.52 bits per heavy atom. The van der Waals surface area contributed by atoms with Crippen LogP contribution in [0.3, 0.4) is 0 Å². The second-order valence-corrected chi connectivity index (χ2v) is 9.10. The molecule has 0 spiro atoms. The highest BCUT2D eigenvalue weighted by atomic mass is 35.5. The van der Waals surface area contributed by atoms with Crippen LogP contribution >= 0.6 is 23.2 Å². The van der Waals surface area contributed by atoms with Crippen LogP contribution in [-0.4, -0.2) is 30.8 Å². The third-order valence-corrected chi connectivity index (χ3v) is 6.38. The standard InChI is InChI=1S/C22H21Cl2FN2O4/c23-14-1-4-16(5-2-14)30-10-19(28)27-22-8-7-21(11-22,12-22)13-31-20(29)26-15-3-6-17(24)18(25)9-15/h1-6,9H,7-8,10-13H2,(H,26,29)(H,27,28). The molecule has 2 bridgehead atoms.